The van der Waals surface area contributed by atoms with Crippen LogP contribution in [0.1, 0.15) is 32.8 Å². The van der Waals surface area contributed by atoms with Crippen molar-refractivity contribution in [3.8, 4) is 0 Å². The van der Waals surface area contributed by atoms with Gasteiger partial charge in [0.25, 0.3) is 0 Å². The molecule has 1 aromatic rings. The fourth-order valence-corrected chi connectivity index (χ4v) is 1.91. The summed E-state index contributed by atoms with van der Waals surface area (Å²) in [5.74, 6) is -0.387. The molecule has 0 aliphatic carbocycles. The van der Waals surface area contributed by atoms with Crippen LogP contribution in [0.2, 0.25) is 0 Å². The predicted octanol–water partition coefficient (Wildman–Crippen LogP) is 1.13. The molecule has 0 saturated carbocycles. The van der Waals surface area contributed by atoms with Crippen LogP contribution in [0.15, 0.2) is 18.2 Å². The van der Waals surface area contributed by atoms with E-state index in [2.05, 4.69) is 25.7 Å². The molecule has 0 aromatic heterocycles. The Bertz CT molecular complexity index is 387. The van der Waals surface area contributed by atoms with Gasteiger partial charge in [-0.25, -0.2) is 4.39 Å². The standard InChI is InChI=1S/C13H21BFNO2/c1-4-10(3)16(5-2)9-11-6-7-12(14(17)18)8-13(11)15/h6-8,10,17-18H,4-5,9H2,1-3H3. The number of rotatable bonds is 6. The van der Waals surface area contributed by atoms with Crippen LogP contribution in [-0.2, 0) is 6.54 Å². The molecule has 1 atom stereocenters. The molecule has 0 spiro atoms. The third-order valence-electron chi connectivity index (χ3n) is 3.37. The maximum Gasteiger partial charge on any atom is 0.488 e. The van der Waals surface area contributed by atoms with E-state index in [4.69, 9.17) is 10.0 Å². The van der Waals surface area contributed by atoms with Crippen LogP contribution in [-0.4, -0.2) is 34.7 Å². The van der Waals surface area contributed by atoms with E-state index in [1.165, 1.54) is 6.07 Å². The average Bonchev–Trinajstić information content (AvgIpc) is 2.36. The van der Waals surface area contributed by atoms with Crippen molar-refractivity contribution in [2.45, 2.75) is 39.8 Å². The van der Waals surface area contributed by atoms with Gasteiger partial charge in [0.1, 0.15) is 5.82 Å². The molecule has 0 heterocycles. The van der Waals surface area contributed by atoms with Gasteiger partial charge in [-0.05, 0) is 31.4 Å². The van der Waals surface area contributed by atoms with E-state index in [9.17, 15) is 4.39 Å². The number of nitrogens with zero attached hydrogens (tertiary/aromatic N) is 1. The Morgan fingerprint density at radius 1 is 1.33 bits per heavy atom. The summed E-state index contributed by atoms with van der Waals surface area (Å²) in [5, 5.41) is 17.9. The van der Waals surface area contributed by atoms with E-state index in [-0.39, 0.29) is 11.3 Å². The molecule has 100 valence electrons. The van der Waals surface area contributed by atoms with Crippen molar-refractivity contribution in [1.82, 2.24) is 4.90 Å². The molecule has 0 fully saturated rings. The molecular weight excluding hydrogens is 232 g/mol. The molecule has 0 amide bonds. The molecule has 1 unspecified atom stereocenters. The van der Waals surface area contributed by atoms with Crippen LogP contribution in [0.3, 0.4) is 0 Å². The lowest BCUT2D eigenvalue weighted by molar-refractivity contribution is 0.203. The third kappa shape index (κ3) is 3.80. The van der Waals surface area contributed by atoms with Crippen LogP contribution < -0.4 is 5.46 Å². The number of hydrogen-bond donors (Lipinski definition) is 2. The predicted molar refractivity (Wildman–Crippen MR) is 72.1 cm³/mol. The summed E-state index contributed by atoms with van der Waals surface area (Å²) in [6, 6.07) is 4.75. The van der Waals surface area contributed by atoms with Crippen LogP contribution >= 0.6 is 0 Å². The second kappa shape index (κ2) is 6.88. The van der Waals surface area contributed by atoms with E-state index in [0.29, 0.717) is 18.2 Å². The number of halogens is 1. The molecule has 0 aliphatic heterocycles. The van der Waals surface area contributed by atoms with Gasteiger partial charge in [-0.1, -0.05) is 26.0 Å². The molecule has 0 bridgehead atoms. The fourth-order valence-electron chi connectivity index (χ4n) is 1.91. The Labute approximate surface area is 108 Å². The first-order valence-corrected chi connectivity index (χ1v) is 6.38. The Morgan fingerprint density at radius 3 is 2.44 bits per heavy atom. The second-order valence-electron chi connectivity index (χ2n) is 4.54. The largest absolute Gasteiger partial charge is 0.488 e. The van der Waals surface area contributed by atoms with Gasteiger partial charge in [0.15, 0.2) is 0 Å². The van der Waals surface area contributed by atoms with Gasteiger partial charge in [0, 0.05) is 18.2 Å². The summed E-state index contributed by atoms with van der Waals surface area (Å²) in [6.45, 7) is 7.68. The Morgan fingerprint density at radius 2 is 2.00 bits per heavy atom. The zero-order valence-electron chi connectivity index (χ0n) is 11.2. The van der Waals surface area contributed by atoms with Crippen LogP contribution in [0.4, 0.5) is 4.39 Å². The maximum absolute atomic E-state index is 13.8. The summed E-state index contributed by atoms with van der Waals surface area (Å²) in [7, 11) is -1.62. The molecule has 0 radical (unpaired) electrons. The van der Waals surface area contributed by atoms with E-state index < -0.39 is 7.12 Å². The summed E-state index contributed by atoms with van der Waals surface area (Å²) < 4.78 is 13.8. The van der Waals surface area contributed by atoms with Gasteiger partial charge < -0.3 is 10.0 Å². The normalized spacial score (nSPS) is 12.8. The van der Waals surface area contributed by atoms with Gasteiger partial charge in [-0.15, -0.1) is 0 Å². The highest BCUT2D eigenvalue weighted by Crippen LogP contribution is 2.12. The monoisotopic (exact) mass is 253 g/mol. The first kappa shape index (κ1) is 15.2. The van der Waals surface area contributed by atoms with Crippen molar-refractivity contribution in [1.29, 1.82) is 0 Å². The molecule has 1 aromatic carbocycles. The molecule has 0 aliphatic rings. The lowest BCUT2D eigenvalue weighted by Gasteiger charge is -2.27. The quantitative estimate of drug-likeness (QED) is 0.747. The highest BCUT2D eigenvalue weighted by atomic mass is 19.1. The lowest BCUT2D eigenvalue weighted by atomic mass is 9.80. The number of benzene rings is 1. The topological polar surface area (TPSA) is 43.7 Å². The zero-order valence-corrected chi connectivity index (χ0v) is 11.2. The van der Waals surface area contributed by atoms with Gasteiger partial charge in [-0.3, -0.25) is 4.90 Å². The summed E-state index contributed by atoms with van der Waals surface area (Å²) in [4.78, 5) is 2.19. The maximum atomic E-state index is 13.8. The van der Waals surface area contributed by atoms with Gasteiger partial charge in [0.2, 0.25) is 0 Å². The Balaban J connectivity index is 2.84. The van der Waals surface area contributed by atoms with E-state index in [0.717, 1.165) is 13.0 Å². The molecule has 18 heavy (non-hydrogen) atoms. The summed E-state index contributed by atoms with van der Waals surface area (Å²) >= 11 is 0. The summed E-state index contributed by atoms with van der Waals surface area (Å²) in [6.07, 6.45) is 1.02. The van der Waals surface area contributed by atoms with Gasteiger partial charge in [0.05, 0.1) is 0 Å². The smallest absolute Gasteiger partial charge is 0.423 e. The Hall–Kier alpha value is -0.905. The highest BCUT2D eigenvalue weighted by molar-refractivity contribution is 6.58. The summed E-state index contributed by atoms with van der Waals surface area (Å²) in [5.41, 5.74) is 0.768. The van der Waals surface area contributed by atoms with Crippen LogP contribution in [0.5, 0.6) is 0 Å². The van der Waals surface area contributed by atoms with Crippen LogP contribution in [0.25, 0.3) is 0 Å². The first-order chi connectivity index (χ1) is 8.49. The SMILES string of the molecule is CCC(C)N(CC)Cc1ccc(B(O)O)cc1F. The van der Waals surface area contributed by atoms with Crippen molar-refractivity contribution in [2.24, 2.45) is 0 Å². The third-order valence-corrected chi connectivity index (χ3v) is 3.37. The van der Waals surface area contributed by atoms with Crippen LogP contribution in [0, 0.1) is 5.82 Å². The molecule has 5 heteroatoms. The minimum atomic E-state index is -1.62. The van der Waals surface area contributed by atoms with Crippen molar-refractivity contribution < 1.29 is 14.4 Å². The van der Waals surface area contributed by atoms with Crippen molar-refractivity contribution >= 4 is 12.6 Å². The minimum absolute atomic E-state index is 0.183. The van der Waals surface area contributed by atoms with Gasteiger partial charge in [-0.2, -0.15) is 0 Å². The van der Waals surface area contributed by atoms with E-state index in [1.807, 2.05) is 0 Å². The van der Waals surface area contributed by atoms with Gasteiger partial charge >= 0.3 is 7.12 Å². The van der Waals surface area contributed by atoms with Crippen molar-refractivity contribution in [2.75, 3.05) is 6.54 Å². The molecule has 0 saturated heterocycles. The minimum Gasteiger partial charge on any atom is -0.423 e. The van der Waals surface area contributed by atoms with E-state index >= 15 is 0 Å². The fraction of sp³-hybridized carbons (Fsp3) is 0.538. The lowest BCUT2D eigenvalue weighted by Crippen LogP contribution is -2.33. The Kier molecular flexibility index (Phi) is 5.79. The first-order valence-electron chi connectivity index (χ1n) is 6.38. The second-order valence-corrected chi connectivity index (χ2v) is 4.54. The zero-order chi connectivity index (χ0) is 13.7. The van der Waals surface area contributed by atoms with Crippen molar-refractivity contribution in [3.63, 3.8) is 0 Å². The van der Waals surface area contributed by atoms with E-state index in [1.54, 1.807) is 12.1 Å². The van der Waals surface area contributed by atoms with Crippen molar-refractivity contribution in [3.05, 3.63) is 29.6 Å². The number of hydrogen-bond acceptors (Lipinski definition) is 3. The molecule has 2 N–H and O–H groups in total. The molecule has 3 nitrogen and oxygen atoms in total. The molecular formula is C13H21BFNO2. The average molecular weight is 253 g/mol. The highest BCUT2D eigenvalue weighted by Gasteiger charge is 2.16. The molecule has 1 rings (SSSR count).